The molecule has 5 nitrogen and oxygen atoms in total. The summed E-state index contributed by atoms with van der Waals surface area (Å²) < 4.78 is 12.2. The van der Waals surface area contributed by atoms with Gasteiger partial charge in [0.15, 0.2) is 0 Å². The van der Waals surface area contributed by atoms with Gasteiger partial charge in [0, 0.05) is 0 Å². The highest BCUT2D eigenvalue weighted by Gasteiger charge is 2.61. The average molecular weight is 374 g/mol. The molecule has 1 aliphatic heterocycles. The largest absolute Gasteiger partial charge is 0.478 e. The maximum atomic E-state index is 12.5. The van der Waals surface area contributed by atoms with Gasteiger partial charge in [-0.1, -0.05) is 53.6 Å². The minimum Gasteiger partial charge on any atom is -0.405 e. The standard InChI is InChI=1S/C19H28BN2O3P/c1-19(2)13-9-14(19)17-16(10-13)24-20(25-17)11-21-18(23)15(22-26)8-12-6-4-3-5-7-12/h3-7,13-17,22H,8-11,26H2,1-2H3,(H,21,23). The first kappa shape index (κ1) is 18.4. The molecular weight excluding hydrogens is 346 g/mol. The molecule has 0 aromatic heterocycles. The third-order valence-electron chi connectivity index (χ3n) is 6.70. The second-order valence-electron chi connectivity index (χ2n) is 8.46. The molecule has 1 aromatic rings. The molecule has 6 atom stereocenters. The fourth-order valence-corrected chi connectivity index (χ4v) is 5.15. The number of nitrogens with one attached hydrogen (secondary N) is 2. The molecule has 1 heterocycles. The Morgan fingerprint density at radius 2 is 2.08 bits per heavy atom. The third-order valence-corrected chi connectivity index (χ3v) is 7.11. The Kier molecular flexibility index (Phi) is 5.13. The van der Waals surface area contributed by atoms with E-state index in [9.17, 15) is 4.79 Å². The van der Waals surface area contributed by atoms with Gasteiger partial charge < -0.3 is 14.6 Å². The molecule has 1 saturated heterocycles. The Morgan fingerprint density at radius 1 is 1.31 bits per heavy atom. The summed E-state index contributed by atoms with van der Waals surface area (Å²) in [5, 5.41) is 6.01. The predicted octanol–water partition coefficient (Wildman–Crippen LogP) is 1.97. The first-order valence-corrected chi connectivity index (χ1v) is 10.2. The van der Waals surface area contributed by atoms with Crippen LogP contribution in [0.1, 0.15) is 32.3 Å². The van der Waals surface area contributed by atoms with Gasteiger partial charge >= 0.3 is 7.12 Å². The Morgan fingerprint density at radius 3 is 2.77 bits per heavy atom. The van der Waals surface area contributed by atoms with E-state index in [0.717, 1.165) is 17.9 Å². The number of carbonyl (C=O) groups excluding carboxylic acids is 1. The van der Waals surface area contributed by atoms with Crippen molar-refractivity contribution in [3.05, 3.63) is 35.9 Å². The molecule has 4 fully saturated rings. The van der Waals surface area contributed by atoms with Crippen molar-refractivity contribution in [1.82, 2.24) is 10.4 Å². The van der Waals surface area contributed by atoms with Crippen LogP contribution in [0.25, 0.3) is 0 Å². The highest BCUT2D eigenvalue weighted by Crippen LogP contribution is 2.61. The molecule has 3 aliphatic carbocycles. The van der Waals surface area contributed by atoms with Gasteiger partial charge in [0.2, 0.25) is 5.91 Å². The van der Waals surface area contributed by atoms with Crippen LogP contribution in [0, 0.1) is 17.3 Å². The number of hydrogen-bond donors (Lipinski definition) is 2. The molecule has 2 bridgehead atoms. The number of carbonyl (C=O) groups is 1. The van der Waals surface area contributed by atoms with Crippen LogP contribution >= 0.6 is 9.39 Å². The molecule has 0 spiro atoms. The molecule has 3 saturated carbocycles. The third kappa shape index (κ3) is 3.33. The minimum atomic E-state index is -0.328. The van der Waals surface area contributed by atoms with Gasteiger partial charge in [-0.15, -0.1) is 0 Å². The van der Waals surface area contributed by atoms with Gasteiger partial charge in [0.25, 0.3) is 0 Å². The van der Waals surface area contributed by atoms with Gasteiger partial charge in [-0.2, -0.15) is 0 Å². The van der Waals surface area contributed by atoms with E-state index in [1.54, 1.807) is 0 Å². The van der Waals surface area contributed by atoms with Gasteiger partial charge in [-0.25, -0.2) is 0 Å². The zero-order valence-electron chi connectivity index (χ0n) is 15.5. The first-order valence-electron chi connectivity index (χ1n) is 9.57. The number of benzene rings is 1. The van der Waals surface area contributed by atoms with Crippen molar-refractivity contribution in [1.29, 1.82) is 0 Å². The smallest absolute Gasteiger partial charge is 0.405 e. The SMILES string of the molecule is CC1(C)C2CC3OB(CNC(=O)C(Cc4ccccc4)NP)OC3C1C2. The molecule has 2 N–H and O–H groups in total. The number of amides is 1. The van der Waals surface area contributed by atoms with E-state index < -0.39 is 0 Å². The second kappa shape index (κ2) is 7.24. The monoisotopic (exact) mass is 374 g/mol. The van der Waals surface area contributed by atoms with Crippen LogP contribution in [0.15, 0.2) is 30.3 Å². The van der Waals surface area contributed by atoms with E-state index in [4.69, 9.17) is 9.31 Å². The summed E-state index contributed by atoms with van der Waals surface area (Å²) in [4.78, 5) is 12.5. The molecule has 140 valence electrons. The van der Waals surface area contributed by atoms with Gasteiger partial charge in [0.1, 0.15) is 0 Å². The molecule has 7 heteroatoms. The van der Waals surface area contributed by atoms with Crippen molar-refractivity contribution in [3.8, 4) is 0 Å². The molecule has 6 unspecified atom stereocenters. The Labute approximate surface area is 158 Å². The van der Waals surface area contributed by atoms with Crippen molar-refractivity contribution in [2.24, 2.45) is 17.3 Å². The normalized spacial score (nSPS) is 32.5. The summed E-state index contributed by atoms with van der Waals surface area (Å²) in [6.45, 7) is 4.69. The Bertz CT molecular complexity index is 659. The molecule has 1 aromatic carbocycles. The Balaban J connectivity index is 1.28. The molecular formula is C19H28BN2O3P. The number of hydrogen-bond acceptors (Lipinski definition) is 4. The van der Waals surface area contributed by atoms with Gasteiger partial charge in [-0.3, -0.25) is 9.88 Å². The van der Waals surface area contributed by atoms with Crippen LogP contribution in [0.4, 0.5) is 0 Å². The van der Waals surface area contributed by atoms with Crippen LogP contribution in [-0.2, 0) is 20.5 Å². The lowest BCUT2D eigenvalue weighted by Gasteiger charge is -2.60. The lowest BCUT2D eigenvalue weighted by molar-refractivity contribution is -0.150. The van der Waals surface area contributed by atoms with Crippen molar-refractivity contribution >= 4 is 22.4 Å². The van der Waals surface area contributed by atoms with E-state index >= 15 is 0 Å². The molecule has 5 rings (SSSR count). The van der Waals surface area contributed by atoms with Crippen molar-refractivity contribution < 1.29 is 14.1 Å². The highest BCUT2D eigenvalue weighted by atomic mass is 31.0. The highest BCUT2D eigenvalue weighted by molar-refractivity contribution is 7.13. The number of rotatable bonds is 6. The van der Waals surface area contributed by atoms with Crippen LogP contribution < -0.4 is 10.4 Å². The lowest BCUT2D eigenvalue weighted by Crippen LogP contribution is -2.59. The second-order valence-corrected chi connectivity index (χ2v) is 8.79. The van der Waals surface area contributed by atoms with Crippen LogP contribution in [-0.4, -0.2) is 37.7 Å². The summed E-state index contributed by atoms with van der Waals surface area (Å²) in [6, 6.07) is 9.72. The molecule has 1 amide bonds. The van der Waals surface area contributed by atoms with Crippen LogP contribution in [0.3, 0.4) is 0 Å². The van der Waals surface area contributed by atoms with Gasteiger partial charge in [0.05, 0.1) is 24.7 Å². The van der Waals surface area contributed by atoms with E-state index in [0.29, 0.717) is 24.2 Å². The Hall–Kier alpha value is -0.935. The summed E-state index contributed by atoms with van der Waals surface area (Å²) in [5.74, 6) is 1.31. The van der Waals surface area contributed by atoms with Crippen molar-refractivity contribution in [3.63, 3.8) is 0 Å². The van der Waals surface area contributed by atoms with Crippen LogP contribution in [0.5, 0.6) is 0 Å². The predicted molar refractivity (Wildman–Crippen MR) is 105 cm³/mol. The zero-order chi connectivity index (χ0) is 18.3. The fourth-order valence-electron chi connectivity index (χ4n) is 4.89. The van der Waals surface area contributed by atoms with E-state index in [1.807, 2.05) is 30.3 Å². The summed E-state index contributed by atoms with van der Waals surface area (Å²) >= 11 is 0. The molecule has 26 heavy (non-hydrogen) atoms. The van der Waals surface area contributed by atoms with E-state index in [2.05, 4.69) is 33.6 Å². The average Bonchev–Trinajstić information content (AvgIpc) is 3.07. The maximum Gasteiger partial charge on any atom is 0.478 e. The fraction of sp³-hybridized carbons (Fsp3) is 0.632. The summed E-state index contributed by atoms with van der Waals surface area (Å²) in [6.07, 6.45) is 3.79. The van der Waals surface area contributed by atoms with Crippen molar-refractivity contribution in [2.75, 3.05) is 6.44 Å². The first-order chi connectivity index (χ1) is 12.5. The lowest BCUT2D eigenvalue weighted by atomic mass is 9.47. The summed E-state index contributed by atoms with van der Waals surface area (Å²) in [5.41, 5.74) is 1.50. The van der Waals surface area contributed by atoms with E-state index in [1.165, 1.54) is 6.42 Å². The van der Waals surface area contributed by atoms with Crippen LogP contribution in [0.2, 0.25) is 0 Å². The quantitative estimate of drug-likeness (QED) is 0.591. The van der Waals surface area contributed by atoms with E-state index in [-0.39, 0.29) is 31.3 Å². The zero-order valence-corrected chi connectivity index (χ0v) is 16.6. The molecule has 4 aliphatic rings. The minimum absolute atomic E-state index is 0.0319. The maximum absolute atomic E-state index is 12.5. The van der Waals surface area contributed by atoms with Crippen molar-refractivity contribution in [2.45, 2.75) is 51.4 Å². The molecule has 0 radical (unpaired) electrons. The van der Waals surface area contributed by atoms with Gasteiger partial charge in [-0.05, 0) is 42.1 Å². The topological polar surface area (TPSA) is 59.6 Å². The summed E-state index contributed by atoms with van der Waals surface area (Å²) in [7, 11) is 2.12.